The van der Waals surface area contributed by atoms with Crippen molar-refractivity contribution in [1.29, 1.82) is 0 Å². The Morgan fingerprint density at radius 1 is 1.65 bits per heavy atom. The first-order valence-corrected chi connectivity index (χ1v) is 6.32. The van der Waals surface area contributed by atoms with Crippen LogP contribution in [0.5, 0.6) is 0 Å². The number of morpholine rings is 1. The van der Waals surface area contributed by atoms with E-state index < -0.39 is 6.10 Å². The molecule has 94 valence electrons. The molecule has 0 radical (unpaired) electrons. The van der Waals surface area contributed by atoms with Crippen LogP contribution in [0.2, 0.25) is 0 Å². The Labute approximate surface area is 103 Å². The molecule has 0 saturated carbocycles. The Bertz CT molecular complexity index is 388. The first kappa shape index (κ1) is 12.3. The van der Waals surface area contributed by atoms with Crippen molar-refractivity contribution in [1.82, 2.24) is 9.88 Å². The van der Waals surface area contributed by atoms with Crippen molar-refractivity contribution in [3.8, 4) is 0 Å². The normalized spacial score (nSPS) is 17.9. The Hall–Kier alpha value is -1.18. The van der Waals surface area contributed by atoms with E-state index in [1.807, 2.05) is 0 Å². The van der Waals surface area contributed by atoms with Crippen molar-refractivity contribution < 1.29 is 14.6 Å². The summed E-state index contributed by atoms with van der Waals surface area (Å²) in [5, 5.41) is 14.3. The third-order valence-electron chi connectivity index (χ3n) is 2.46. The molecule has 17 heavy (non-hydrogen) atoms. The fourth-order valence-corrected chi connectivity index (χ4v) is 2.26. The number of nitrogens with one attached hydrogen (secondary N) is 1. The fraction of sp³-hybridized carbons (Fsp3) is 0.600. The van der Waals surface area contributed by atoms with E-state index in [4.69, 9.17) is 4.74 Å². The predicted octanol–water partition coefficient (Wildman–Crippen LogP) is 1.06. The molecule has 2 amide bonds. The maximum Gasteiger partial charge on any atom is 0.323 e. The van der Waals surface area contributed by atoms with Crippen LogP contribution in [0.3, 0.4) is 0 Å². The van der Waals surface area contributed by atoms with Gasteiger partial charge in [-0.1, -0.05) is 0 Å². The minimum absolute atomic E-state index is 0.167. The van der Waals surface area contributed by atoms with E-state index in [0.717, 1.165) is 0 Å². The SMILES string of the molecule is CC(O)c1csc(NC(=O)N2CCOCC2)n1. The van der Waals surface area contributed by atoms with E-state index in [2.05, 4.69) is 10.3 Å². The smallest absolute Gasteiger partial charge is 0.323 e. The van der Waals surface area contributed by atoms with Crippen LogP contribution in [0.15, 0.2) is 5.38 Å². The second kappa shape index (κ2) is 5.44. The average Bonchev–Trinajstić information content (AvgIpc) is 2.79. The number of carbonyl (C=O) groups excluding carboxylic acids is 1. The lowest BCUT2D eigenvalue weighted by Gasteiger charge is -2.26. The number of nitrogens with zero attached hydrogens (tertiary/aromatic N) is 2. The molecule has 0 aliphatic carbocycles. The van der Waals surface area contributed by atoms with Crippen LogP contribution in [0.1, 0.15) is 18.7 Å². The summed E-state index contributed by atoms with van der Waals surface area (Å²) < 4.78 is 5.17. The van der Waals surface area contributed by atoms with Gasteiger partial charge in [-0.2, -0.15) is 0 Å². The van der Waals surface area contributed by atoms with Gasteiger partial charge >= 0.3 is 6.03 Å². The van der Waals surface area contributed by atoms with E-state index in [0.29, 0.717) is 37.1 Å². The number of amides is 2. The van der Waals surface area contributed by atoms with Crippen LogP contribution in [-0.4, -0.2) is 47.3 Å². The van der Waals surface area contributed by atoms with Gasteiger partial charge in [-0.15, -0.1) is 11.3 Å². The summed E-state index contributed by atoms with van der Waals surface area (Å²) in [5.41, 5.74) is 0.576. The van der Waals surface area contributed by atoms with Gasteiger partial charge in [0.1, 0.15) is 0 Å². The average molecular weight is 257 g/mol. The third-order valence-corrected chi connectivity index (χ3v) is 3.24. The highest BCUT2D eigenvalue weighted by Gasteiger charge is 2.18. The van der Waals surface area contributed by atoms with Crippen molar-refractivity contribution in [2.45, 2.75) is 13.0 Å². The summed E-state index contributed by atoms with van der Waals surface area (Å²) in [6.07, 6.45) is -0.611. The Morgan fingerprint density at radius 2 is 2.35 bits per heavy atom. The van der Waals surface area contributed by atoms with E-state index >= 15 is 0 Å². The highest BCUT2D eigenvalue weighted by molar-refractivity contribution is 7.13. The molecular formula is C10H15N3O3S. The molecule has 1 aromatic rings. The molecule has 0 aromatic carbocycles. The van der Waals surface area contributed by atoms with Crippen LogP contribution in [-0.2, 0) is 4.74 Å². The summed E-state index contributed by atoms with van der Waals surface area (Å²) in [7, 11) is 0. The number of thiazole rings is 1. The highest BCUT2D eigenvalue weighted by atomic mass is 32.1. The van der Waals surface area contributed by atoms with Crippen molar-refractivity contribution in [2.75, 3.05) is 31.6 Å². The number of carbonyl (C=O) groups is 1. The van der Waals surface area contributed by atoms with Gasteiger partial charge in [-0.05, 0) is 6.92 Å². The Balaban J connectivity index is 1.92. The second-order valence-corrected chi connectivity index (χ2v) is 4.64. The van der Waals surface area contributed by atoms with Gasteiger partial charge < -0.3 is 14.7 Å². The summed E-state index contributed by atoms with van der Waals surface area (Å²) in [6, 6.07) is -0.167. The number of aromatic nitrogens is 1. The number of hydrogen-bond donors (Lipinski definition) is 2. The van der Waals surface area contributed by atoms with Gasteiger partial charge in [0.05, 0.1) is 25.0 Å². The van der Waals surface area contributed by atoms with Crippen LogP contribution in [0.25, 0.3) is 0 Å². The standard InChI is InChI=1S/C10H15N3O3S/c1-7(14)8-6-17-9(11-8)12-10(15)13-2-4-16-5-3-13/h6-7,14H,2-5H2,1H3,(H,11,12,15). The van der Waals surface area contributed by atoms with Gasteiger partial charge in [0.15, 0.2) is 5.13 Å². The lowest BCUT2D eigenvalue weighted by Crippen LogP contribution is -2.43. The monoisotopic (exact) mass is 257 g/mol. The molecule has 1 saturated heterocycles. The van der Waals surface area contributed by atoms with Crippen molar-refractivity contribution in [3.63, 3.8) is 0 Å². The molecule has 2 rings (SSSR count). The zero-order valence-electron chi connectivity index (χ0n) is 9.55. The number of aliphatic hydroxyl groups excluding tert-OH is 1. The van der Waals surface area contributed by atoms with Crippen LogP contribution < -0.4 is 5.32 Å². The minimum atomic E-state index is -0.611. The fourth-order valence-electron chi connectivity index (χ4n) is 1.47. The van der Waals surface area contributed by atoms with Gasteiger partial charge in [-0.25, -0.2) is 9.78 Å². The van der Waals surface area contributed by atoms with E-state index in [-0.39, 0.29) is 6.03 Å². The third kappa shape index (κ3) is 3.15. The summed E-state index contributed by atoms with van der Waals surface area (Å²) in [5.74, 6) is 0. The Morgan fingerprint density at radius 3 is 2.94 bits per heavy atom. The lowest BCUT2D eigenvalue weighted by molar-refractivity contribution is 0.0564. The van der Waals surface area contributed by atoms with Crippen molar-refractivity contribution in [3.05, 3.63) is 11.1 Å². The summed E-state index contributed by atoms with van der Waals surface area (Å²) >= 11 is 1.31. The number of anilines is 1. The lowest BCUT2D eigenvalue weighted by atomic mass is 10.3. The van der Waals surface area contributed by atoms with Crippen LogP contribution in [0.4, 0.5) is 9.93 Å². The van der Waals surface area contributed by atoms with Crippen molar-refractivity contribution in [2.24, 2.45) is 0 Å². The molecule has 1 aromatic heterocycles. The largest absolute Gasteiger partial charge is 0.387 e. The number of rotatable bonds is 2. The molecule has 7 heteroatoms. The minimum Gasteiger partial charge on any atom is -0.387 e. The number of ether oxygens (including phenoxy) is 1. The van der Waals surface area contributed by atoms with E-state index in [9.17, 15) is 9.90 Å². The molecule has 6 nitrogen and oxygen atoms in total. The topological polar surface area (TPSA) is 74.7 Å². The maximum absolute atomic E-state index is 11.8. The molecule has 1 unspecified atom stereocenters. The van der Waals surface area contributed by atoms with Crippen LogP contribution >= 0.6 is 11.3 Å². The molecule has 1 atom stereocenters. The summed E-state index contributed by atoms with van der Waals surface area (Å²) in [4.78, 5) is 17.6. The first-order valence-electron chi connectivity index (χ1n) is 5.44. The first-order chi connectivity index (χ1) is 8.16. The molecule has 2 N–H and O–H groups in total. The Kier molecular flexibility index (Phi) is 3.93. The zero-order valence-corrected chi connectivity index (χ0v) is 10.4. The van der Waals surface area contributed by atoms with Gasteiger partial charge in [0, 0.05) is 18.5 Å². The van der Waals surface area contributed by atoms with Gasteiger partial charge in [0.25, 0.3) is 0 Å². The van der Waals surface area contributed by atoms with Gasteiger partial charge in [-0.3, -0.25) is 5.32 Å². The molecular weight excluding hydrogens is 242 g/mol. The molecule has 2 heterocycles. The second-order valence-electron chi connectivity index (χ2n) is 3.78. The van der Waals surface area contributed by atoms with Gasteiger partial charge in [0.2, 0.25) is 0 Å². The van der Waals surface area contributed by atoms with E-state index in [1.54, 1.807) is 17.2 Å². The molecule has 1 aliphatic rings. The van der Waals surface area contributed by atoms with Crippen molar-refractivity contribution >= 4 is 22.5 Å². The maximum atomic E-state index is 11.8. The molecule has 1 fully saturated rings. The number of hydrogen-bond acceptors (Lipinski definition) is 5. The molecule has 0 bridgehead atoms. The van der Waals surface area contributed by atoms with E-state index in [1.165, 1.54) is 11.3 Å². The molecule has 0 spiro atoms. The number of urea groups is 1. The molecule has 1 aliphatic heterocycles. The summed E-state index contributed by atoms with van der Waals surface area (Å²) in [6.45, 7) is 3.98. The predicted molar refractivity (Wildman–Crippen MR) is 64.2 cm³/mol. The highest BCUT2D eigenvalue weighted by Crippen LogP contribution is 2.20. The zero-order chi connectivity index (χ0) is 12.3. The quantitative estimate of drug-likeness (QED) is 0.830. The van der Waals surface area contributed by atoms with Crippen LogP contribution in [0, 0.1) is 0 Å². The number of aliphatic hydroxyl groups is 1.